The molecule has 0 saturated heterocycles. The first-order valence-corrected chi connectivity index (χ1v) is 8.76. The fraction of sp³-hybridized carbons (Fsp3) is 0.700. The minimum atomic E-state index is 0.213. The van der Waals surface area contributed by atoms with E-state index >= 15 is 0 Å². The molecule has 3 atom stereocenters. The van der Waals surface area contributed by atoms with Crippen LogP contribution in [0.25, 0.3) is 0 Å². The zero-order valence-corrected chi connectivity index (χ0v) is 14.6. The molecule has 1 nitrogen and oxygen atoms in total. The summed E-state index contributed by atoms with van der Waals surface area (Å²) in [5, 5.41) is 3.80. The summed E-state index contributed by atoms with van der Waals surface area (Å²) in [6.07, 6.45) is 5.55. The van der Waals surface area contributed by atoms with Crippen LogP contribution in [0.3, 0.4) is 0 Å². The molecule has 0 aliphatic heterocycles. The second kappa shape index (κ2) is 6.96. The molecule has 0 radical (unpaired) electrons. The zero-order chi connectivity index (χ0) is 15.5. The summed E-state index contributed by atoms with van der Waals surface area (Å²) < 4.78 is 0. The molecule has 1 aliphatic rings. The smallest absolute Gasteiger partial charge is 0.0351 e. The van der Waals surface area contributed by atoms with Gasteiger partial charge < -0.3 is 5.32 Å². The Morgan fingerprint density at radius 2 is 1.90 bits per heavy atom. The SMILES string of the molecule is CCNC(c1ccccc1C(C)(C)C)C1CCCC(C)C1. The highest BCUT2D eigenvalue weighted by Gasteiger charge is 2.30. The van der Waals surface area contributed by atoms with E-state index in [1.807, 2.05) is 0 Å². The summed E-state index contributed by atoms with van der Waals surface area (Å²) in [6, 6.07) is 9.60. The lowest BCUT2D eigenvalue weighted by molar-refractivity contribution is 0.224. The summed E-state index contributed by atoms with van der Waals surface area (Å²) >= 11 is 0. The minimum absolute atomic E-state index is 0.213. The highest BCUT2D eigenvalue weighted by molar-refractivity contribution is 5.35. The first kappa shape index (κ1) is 16.5. The summed E-state index contributed by atoms with van der Waals surface area (Å²) in [7, 11) is 0. The molecular weight excluding hydrogens is 254 g/mol. The molecule has 1 aromatic rings. The fourth-order valence-electron chi connectivity index (χ4n) is 3.99. The molecule has 0 bridgehead atoms. The normalized spacial score (nSPS) is 24.8. The number of rotatable bonds is 4. The van der Waals surface area contributed by atoms with Crippen LogP contribution in [0.4, 0.5) is 0 Å². The molecule has 118 valence electrons. The minimum Gasteiger partial charge on any atom is -0.310 e. The van der Waals surface area contributed by atoms with Gasteiger partial charge in [-0.15, -0.1) is 0 Å². The molecule has 3 unspecified atom stereocenters. The van der Waals surface area contributed by atoms with Crippen molar-refractivity contribution < 1.29 is 0 Å². The Hall–Kier alpha value is -0.820. The van der Waals surface area contributed by atoms with Gasteiger partial charge in [-0.3, -0.25) is 0 Å². The Morgan fingerprint density at radius 3 is 2.52 bits per heavy atom. The van der Waals surface area contributed by atoms with Crippen molar-refractivity contribution in [2.75, 3.05) is 6.54 Å². The summed E-state index contributed by atoms with van der Waals surface area (Å²) in [5.74, 6) is 1.67. The highest BCUT2D eigenvalue weighted by atomic mass is 14.9. The highest BCUT2D eigenvalue weighted by Crippen LogP contribution is 2.40. The molecule has 1 heteroatoms. The lowest BCUT2D eigenvalue weighted by Gasteiger charge is -2.36. The van der Waals surface area contributed by atoms with Crippen molar-refractivity contribution in [3.8, 4) is 0 Å². The van der Waals surface area contributed by atoms with Crippen LogP contribution in [-0.2, 0) is 5.41 Å². The standard InChI is InChI=1S/C20H33N/c1-6-21-19(16-11-9-10-15(2)14-16)17-12-7-8-13-18(17)20(3,4)5/h7-8,12-13,15-16,19,21H,6,9-11,14H2,1-5H3. The maximum atomic E-state index is 3.80. The first-order chi connectivity index (χ1) is 9.93. The van der Waals surface area contributed by atoms with E-state index in [9.17, 15) is 0 Å². The first-order valence-electron chi connectivity index (χ1n) is 8.76. The van der Waals surface area contributed by atoms with E-state index in [0.29, 0.717) is 6.04 Å². The monoisotopic (exact) mass is 287 g/mol. The average Bonchev–Trinajstić information content (AvgIpc) is 2.44. The van der Waals surface area contributed by atoms with Crippen LogP contribution in [0.15, 0.2) is 24.3 Å². The molecule has 1 fully saturated rings. The van der Waals surface area contributed by atoms with Gasteiger partial charge in [0, 0.05) is 6.04 Å². The van der Waals surface area contributed by atoms with Crippen molar-refractivity contribution in [2.45, 2.75) is 71.8 Å². The third-order valence-corrected chi connectivity index (χ3v) is 4.98. The van der Waals surface area contributed by atoms with Gasteiger partial charge in [0.05, 0.1) is 0 Å². The molecule has 0 amide bonds. The predicted octanol–water partition coefficient (Wildman–Crippen LogP) is 5.46. The largest absolute Gasteiger partial charge is 0.310 e. The van der Waals surface area contributed by atoms with E-state index in [2.05, 4.69) is 64.2 Å². The summed E-state index contributed by atoms with van der Waals surface area (Å²) in [5.41, 5.74) is 3.25. The summed E-state index contributed by atoms with van der Waals surface area (Å²) in [4.78, 5) is 0. The Bertz CT molecular complexity index is 443. The maximum absolute atomic E-state index is 3.80. The van der Waals surface area contributed by atoms with Crippen LogP contribution < -0.4 is 5.32 Å². The number of hydrogen-bond acceptors (Lipinski definition) is 1. The maximum Gasteiger partial charge on any atom is 0.0351 e. The van der Waals surface area contributed by atoms with Crippen LogP contribution in [0.1, 0.15) is 77.5 Å². The average molecular weight is 287 g/mol. The van der Waals surface area contributed by atoms with Gasteiger partial charge in [-0.1, -0.05) is 71.7 Å². The van der Waals surface area contributed by atoms with Gasteiger partial charge >= 0.3 is 0 Å². The third kappa shape index (κ3) is 4.10. The Labute approximate surface area is 131 Å². The lowest BCUT2D eigenvalue weighted by atomic mass is 9.73. The fourth-order valence-corrected chi connectivity index (χ4v) is 3.99. The van der Waals surface area contributed by atoms with E-state index in [-0.39, 0.29) is 5.41 Å². The number of benzene rings is 1. The second-order valence-electron chi connectivity index (χ2n) is 7.90. The molecular formula is C20H33N. The molecule has 0 heterocycles. The Kier molecular flexibility index (Phi) is 5.48. The number of hydrogen-bond donors (Lipinski definition) is 1. The van der Waals surface area contributed by atoms with E-state index < -0.39 is 0 Å². The van der Waals surface area contributed by atoms with Crippen molar-refractivity contribution in [2.24, 2.45) is 11.8 Å². The molecule has 0 aromatic heterocycles. The topological polar surface area (TPSA) is 12.0 Å². The van der Waals surface area contributed by atoms with Crippen LogP contribution in [0, 0.1) is 11.8 Å². The van der Waals surface area contributed by atoms with Crippen LogP contribution in [-0.4, -0.2) is 6.54 Å². The van der Waals surface area contributed by atoms with Gasteiger partial charge in [-0.2, -0.15) is 0 Å². The van der Waals surface area contributed by atoms with Crippen molar-refractivity contribution in [1.82, 2.24) is 5.32 Å². The van der Waals surface area contributed by atoms with E-state index in [1.165, 1.54) is 36.8 Å². The quantitative estimate of drug-likeness (QED) is 0.775. The third-order valence-electron chi connectivity index (χ3n) is 4.98. The van der Waals surface area contributed by atoms with E-state index in [4.69, 9.17) is 0 Å². The molecule has 2 rings (SSSR count). The van der Waals surface area contributed by atoms with Gasteiger partial charge in [0.15, 0.2) is 0 Å². The van der Waals surface area contributed by atoms with Crippen molar-refractivity contribution >= 4 is 0 Å². The van der Waals surface area contributed by atoms with Crippen LogP contribution >= 0.6 is 0 Å². The predicted molar refractivity (Wildman–Crippen MR) is 92.7 cm³/mol. The van der Waals surface area contributed by atoms with Gasteiger partial charge in [-0.25, -0.2) is 0 Å². The van der Waals surface area contributed by atoms with Crippen molar-refractivity contribution in [3.63, 3.8) is 0 Å². The van der Waals surface area contributed by atoms with Gasteiger partial charge in [0.2, 0.25) is 0 Å². The van der Waals surface area contributed by atoms with E-state index in [1.54, 1.807) is 0 Å². The summed E-state index contributed by atoms with van der Waals surface area (Å²) in [6.45, 7) is 12.7. The molecule has 0 spiro atoms. The van der Waals surface area contributed by atoms with Crippen LogP contribution in [0.2, 0.25) is 0 Å². The van der Waals surface area contributed by atoms with Crippen molar-refractivity contribution in [1.29, 1.82) is 0 Å². The molecule has 21 heavy (non-hydrogen) atoms. The van der Waals surface area contributed by atoms with Gasteiger partial charge in [0.1, 0.15) is 0 Å². The Balaban J connectivity index is 2.34. The molecule has 1 saturated carbocycles. The van der Waals surface area contributed by atoms with E-state index in [0.717, 1.165) is 18.4 Å². The van der Waals surface area contributed by atoms with Crippen molar-refractivity contribution in [3.05, 3.63) is 35.4 Å². The lowest BCUT2D eigenvalue weighted by Crippen LogP contribution is -2.33. The van der Waals surface area contributed by atoms with Crippen LogP contribution in [0.5, 0.6) is 0 Å². The molecule has 1 aliphatic carbocycles. The molecule has 1 N–H and O–H groups in total. The Morgan fingerprint density at radius 1 is 1.19 bits per heavy atom. The van der Waals surface area contributed by atoms with Gasteiger partial charge in [0.25, 0.3) is 0 Å². The molecule has 1 aromatic carbocycles. The second-order valence-corrected chi connectivity index (χ2v) is 7.90. The van der Waals surface area contributed by atoms with Gasteiger partial charge in [-0.05, 0) is 47.8 Å². The number of nitrogens with one attached hydrogen (secondary N) is 1. The zero-order valence-electron chi connectivity index (χ0n) is 14.6.